The van der Waals surface area contributed by atoms with Crippen molar-refractivity contribution in [2.24, 2.45) is 4.99 Å². The van der Waals surface area contributed by atoms with Gasteiger partial charge in [-0.15, -0.1) is 0 Å². The number of phenols is 1. The third kappa shape index (κ3) is 6.50. The first-order valence-corrected chi connectivity index (χ1v) is 3.05. The average Bonchev–Trinajstić information content (AvgIpc) is 1.94. The molecule has 0 aliphatic rings. The predicted molar refractivity (Wildman–Crippen MR) is 63.8 cm³/mol. The van der Waals surface area contributed by atoms with Crippen LogP contribution in [-0.4, -0.2) is 18.4 Å². The van der Waals surface area contributed by atoms with Crippen LogP contribution >= 0.6 is 19.8 Å². The van der Waals surface area contributed by atoms with Gasteiger partial charge in [0.05, 0.1) is 0 Å². The van der Waals surface area contributed by atoms with Crippen LogP contribution in [0.5, 0.6) is 5.75 Å². The van der Waals surface area contributed by atoms with Gasteiger partial charge in [-0.1, -0.05) is 12.1 Å². The minimum atomic E-state index is 0. The van der Waals surface area contributed by atoms with E-state index >= 15 is 0 Å². The number of hydrogen-bond donors (Lipinski definition) is 1. The monoisotopic (exact) mass is 293 g/mol. The maximum absolute atomic E-state index is 9.15. The normalized spacial score (nSPS) is 8.08. The Hall–Kier alpha value is 0.433. The van der Waals surface area contributed by atoms with Crippen LogP contribution in [0.15, 0.2) is 29.3 Å². The molecule has 1 aromatic rings. The first-order chi connectivity index (χ1) is 4.84. The smallest absolute Gasteiger partial charge is 0.124 e. The van der Waals surface area contributed by atoms with Crippen molar-refractivity contribution in [3.05, 3.63) is 29.8 Å². The molecule has 13 heavy (non-hydrogen) atoms. The van der Waals surface area contributed by atoms with E-state index in [2.05, 4.69) is 4.99 Å². The fourth-order valence-corrected chi connectivity index (χ4v) is 0.736. The molecule has 0 aliphatic heterocycles. The van der Waals surface area contributed by atoms with Crippen molar-refractivity contribution in [2.75, 3.05) is 7.05 Å². The van der Waals surface area contributed by atoms with Gasteiger partial charge in [0.1, 0.15) is 5.75 Å². The van der Waals surface area contributed by atoms with Gasteiger partial charge in [-0.25, -0.2) is 0 Å². The second-order valence-electron chi connectivity index (χ2n) is 1.95. The molecule has 0 bridgehead atoms. The minimum absolute atomic E-state index is 0. The SMILES string of the molecule is CN=Cc1ccccc1O.P.P.[Zr]. The molecule has 1 N–H and O–H groups in total. The zero-order chi connectivity index (χ0) is 7.40. The molecule has 1 aromatic carbocycles. The quantitative estimate of drug-likeness (QED) is 0.619. The van der Waals surface area contributed by atoms with Gasteiger partial charge in [-0.2, -0.15) is 19.8 Å². The fourth-order valence-electron chi connectivity index (χ4n) is 0.736. The number of aromatic hydroxyl groups is 1. The Kier molecular flexibility index (Phi) is 15.4. The second kappa shape index (κ2) is 10.5. The number of para-hydroxylation sites is 1. The molecular formula is C8H15NOP2Zr. The first-order valence-electron chi connectivity index (χ1n) is 3.05. The molecule has 0 fully saturated rings. The molecule has 0 heterocycles. The number of nitrogens with zero attached hydrogens (tertiary/aromatic N) is 1. The van der Waals surface area contributed by atoms with Crippen molar-refractivity contribution in [3.8, 4) is 5.75 Å². The van der Waals surface area contributed by atoms with Crippen molar-refractivity contribution in [1.82, 2.24) is 0 Å². The van der Waals surface area contributed by atoms with Gasteiger partial charge < -0.3 is 5.11 Å². The summed E-state index contributed by atoms with van der Waals surface area (Å²) in [5, 5.41) is 9.15. The molecule has 0 amide bonds. The van der Waals surface area contributed by atoms with Crippen molar-refractivity contribution in [1.29, 1.82) is 0 Å². The van der Waals surface area contributed by atoms with Crippen LogP contribution in [0, 0.1) is 0 Å². The fraction of sp³-hybridized carbons (Fsp3) is 0.125. The maximum atomic E-state index is 9.15. The topological polar surface area (TPSA) is 32.6 Å². The van der Waals surface area contributed by atoms with Gasteiger partial charge in [0, 0.05) is 45.0 Å². The van der Waals surface area contributed by atoms with E-state index in [1.165, 1.54) is 0 Å². The van der Waals surface area contributed by atoms with E-state index in [0.29, 0.717) is 0 Å². The van der Waals surface area contributed by atoms with Gasteiger partial charge >= 0.3 is 0 Å². The van der Waals surface area contributed by atoms with E-state index in [1.54, 1.807) is 25.4 Å². The van der Waals surface area contributed by atoms with Crippen LogP contribution in [0.1, 0.15) is 5.56 Å². The third-order valence-electron chi connectivity index (χ3n) is 1.20. The summed E-state index contributed by atoms with van der Waals surface area (Å²) in [6.45, 7) is 0. The van der Waals surface area contributed by atoms with Gasteiger partial charge in [-0.05, 0) is 12.1 Å². The molecule has 72 valence electrons. The van der Waals surface area contributed by atoms with Crippen molar-refractivity contribution in [2.45, 2.75) is 0 Å². The number of hydrogen-bond acceptors (Lipinski definition) is 2. The number of benzene rings is 1. The summed E-state index contributed by atoms with van der Waals surface area (Å²) < 4.78 is 0. The molecule has 1 rings (SSSR count). The molecule has 0 saturated heterocycles. The molecule has 0 aromatic heterocycles. The number of rotatable bonds is 1. The second-order valence-corrected chi connectivity index (χ2v) is 1.95. The van der Waals surface area contributed by atoms with Gasteiger partial charge in [0.2, 0.25) is 0 Å². The van der Waals surface area contributed by atoms with E-state index in [1.807, 2.05) is 12.1 Å². The largest absolute Gasteiger partial charge is 0.507 e. The average molecular weight is 294 g/mol. The van der Waals surface area contributed by atoms with Gasteiger partial charge in [0.25, 0.3) is 0 Å². The zero-order valence-corrected chi connectivity index (χ0v) is 13.0. The molecule has 2 unspecified atom stereocenters. The summed E-state index contributed by atoms with van der Waals surface area (Å²) in [5.74, 6) is 0.271. The van der Waals surface area contributed by atoms with Gasteiger partial charge in [-0.3, -0.25) is 4.99 Å². The van der Waals surface area contributed by atoms with E-state index < -0.39 is 0 Å². The Morgan fingerprint density at radius 3 is 2.23 bits per heavy atom. The Bertz CT molecular complexity index is 256. The molecule has 0 radical (unpaired) electrons. The molecule has 2 nitrogen and oxygen atoms in total. The summed E-state index contributed by atoms with van der Waals surface area (Å²) in [7, 11) is 1.67. The molecule has 2 atom stereocenters. The Balaban J connectivity index is -0.000000333. The van der Waals surface area contributed by atoms with E-state index in [0.717, 1.165) is 5.56 Å². The van der Waals surface area contributed by atoms with Crippen LogP contribution in [-0.2, 0) is 26.2 Å². The summed E-state index contributed by atoms with van der Waals surface area (Å²) in [6.07, 6.45) is 1.62. The molecule has 5 heteroatoms. The molecular weight excluding hydrogens is 279 g/mol. The van der Waals surface area contributed by atoms with Crippen LogP contribution in [0.3, 0.4) is 0 Å². The van der Waals surface area contributed by atoms with E-state index in [-0.39, 0.29) is 51.8 Å². The summed E-state index contributed by atoms with van der Waals surface area (Å²) in [6, 6.07) is 7.08. The summed E-state index contributed by atoms with van der Waals surface area (Å²) in [4.78, 5) is 3.78. The summed E-state index contributed by atoms with van der Waals surface area (Å²) in [5.41, 5.74) is 0.755. The van der Waals surface area contributed by atoms with Crippen LogP contribution in [0.4, 0.5) is 0 Å². The summed E-state index contributed by atoms with van der Waals surface area (Å²) >= 11 is 0. The molecule has 0 spiro atoms. The maximum Gasteiger partial charge on any atom is 0.124 e. The minimum Gasteiger partial charge on any atom is -0.507 e. The Labute approximate surface area is 105 Å². The van der Waals surface area contributed by atoms with E-state index in [4.69, 9.17) is 5.11 Å². The van der Waals surface area contributed by atoms with Crippen LogP contribution in [0.2, 0.25) is 0 Å². The predicted octanol–water partition coefficient (Wildman–Crippen LogP) is 1.55. The van der Waals surface area contributed by atoms with Gasteiger partial charge in [0.15, 0.2) is 0 Å². The van der Waals surface area contributed by atoms with E-state index in [9.17, 15) is 0 Å². The number of aliphatic imine (C=N–C) groups is 1. The van der Waals surface area contributed by atoms with Crippen molar-refractivity contribution in [3.63, 3.8) is 0 Å². The Morgan fingerprint density at radius 2 is 1.77 bits per heavy atom. The first kappa shape index (κ1) is 19.1. The molecule has 0 saturated carbocycles. The molecule has 0 aliphatic carbocycles. The standard InChI is InChI=1S/C8H9NO.2H3P.Zr/c1-9-6-7-4-2-3-5-8(7)10;;;/h2-6,10H,1H3;2*1H3;. The van der Waals surface area contributed by atoms with Crippen molar-refractivity contribution >= 4 is 26.0 Å². The Morgan fingerprint density at radius 1 is 1.23 bits per heavy atom. The van der Waals surface area contributed by atoms with Crippen LogP contribution < -0.4 is 0 Å². The van der Waals surface area contributed by atoms with Crippen LogP contribution in [0.25, 0.3) is 0 Å². The van der Waals surface area contributed by atoms with Crippen molar-refractivity contribution < 1.29 is 31.3 Å². The zero-order valence-electron chi connectivity index (χ0n) is 7.70. The third-order valence-corrected chi connectivity index (χ3v) is 1.20. The number of phenolic OH excluding ortho intramolecular Hbond substituents is 1.